The molecule has 3 atom stereocenters. The van der Waals surface area contributed by atoms with Crippen LogP contribution in [0.15, 0.2) is 42.5 Å². The molecule has 0 saturated carbocycles. The molecule has 0 aromatic heterocycles. The average Bonchev–Trinajstić information content (AvgIpc) is 2.88. The van der Waals surface area contributed by atoms with E-state index in [0.29, 0.717) is 18.9 Å². The zero-order chi connectivity index (χ0) is 24.3. The van der Waals surface area contributed by atoms with Crippen molar-refractivity contribution in [2.45, 2.75) is 104 Å². The highest BCUT2D eigenvalue weighted by atomic mass is 16.6. The van der Waals surface area contributed by atoms with Crippen molar-refractivity contribution >= 4 is 6.09 Å². The van der Waals surface area contributed by atoms with E-state index in [1.807, 2.05) is 71.9 Å². The molecule has 1 N–H and O–H groups in total. The van der Waals surface area contributed by atoms with Gasteiger partial charge in [0.1, 0.15) is 11.3 Å². The van der Waals surface area contributed by atoms with E-state index in [-0.39, 0.29) is 12.1 Å². The number of ether oxygens (including phenoxy) is 2. The Hall–Kier alpha value is -1.89. The summed E-state index contributed by atoms with van der Waals surface area (Å²) in [4.78, 5) is 15.0. The van der Waals surface area contributed by atoms with Gasteiger partial charge in [0.15, 0.2) is 0 Å². The summed E-state index contributed by atoms with van der Waals surface area (Å²) in [6.45, 7) is 20.0. The summed E-state index contributed by atoms with van der Waals surface area (Å²) >= 11 is 0. The van der Waals surface area contributed by atoms with Crippen molar-refractivity contribution in [2.75, 3.05) is 0 Å². The summed E-state index contributed by atoms with van der Waals surface area (Å²) in [5, 5.41) is 12.5. The highest BCUT2D eigenvalue weighted by Crippen LogP contribution is 2.40. The van der Waals surface area contributed by atoms with Crippen LogP contribution < -0.4 is 0 Å². The van der Waals surface area contributed by atoms with Crippen molar-refractivity contribution in [1.82, 2.24) is 9.96 Å². The minimum absolute atomic E-state index is 0.241. The molecule has 180 valence electrons. The maximum Gasteiger partial charge on any atom is 0.412 e. The number of hydrogen-bond acceptors (Lipinski definition) is 5. The maximum absolute atomic E-state index is 13.2. The molecule has 1 amide bonds. The predicted octanol–water partition coefficient (Wildman–Crippen LogP) is 6.00. The lowest BCUT2D eigenvalue weighted by molar-refractivity contribution is -0.180. The van der Waals surface area contributed by atoms with E-state index in [2.05, 4.69) is 20.4 Å². The average molecular weight is 447 g/mol. The van der Waals surface area contributed by atoms with Crippen LogP contribution in [0.2, 0.25) is 0 Å². The third-order valence-corrected chi connectivity index (χ3v) is 5.53. The Kier molecular flexibility index (Phi) is 8.54. The summed E-state index contributed by atoms with van der Waals surface area (Å²) in [6.07, 6.45) is 0.502. The van der Waals surface area contributed by atoms with Crippen LogP contribution in [0.1, 0.15) is 73.8 Å². The number of nitrogens with zero attached hydrogens (tertiary/aromatic N) is 2. The second-order valence-electron chi connectivity index (χ2n) is 10.9. The first kappa shape index (κ1) is 26.4. The lowest BCUT2D eigenvalue weighted by Crippen LogP contribution is -2.52. The number of rotatable bonds is 8. The molecule has 0 bridgehead atoms. The molecule has 0 spiro atoms. The summed E-state index contributed by atoms with van der Waals surface area (Å²) in [5.41, 5.74) is 0.472. The smallest absolute Gasteiger partial charge is 0.412 e. The summed E-state index contributed by atoms with van der Waals surface area (Å²) < 4.78 is 12.3. The number of carbonyl (C=O) groups excluding carboxylic acids is 1. The molecule has 1 fully saturated rings. The number of amides is 1. The van der Waals surface area contributed by atoms with Crippen LogP contribution in [0.4, 0.5) is 4.79 Å². The number of benzene rings is 1. The minimum Gasteiger partial charge on any atom is -0.444 e. The van der Waals surface area contributed by atoms with Crippen molar-refractivity contribution in [3.05, 3.63) is 48.0 Å². The lowest BCUT2D eigenvalue weighted by Gasteiger charge is -2.37. The molecule has 2 rings (SSSR count). The Labute approximate surface area is 194 Å². The Morgan fingerprint density at radius 2 is 1.88 bits per heavy atom. The minimum atomic E-state index is -0.868. The fraction of sp³-hybridized carbons (Fsp3) is 0.654. The molecule has 0 unspecified atom stereocenters. The van der Waals surface area contributed by atoms with Gasteiger partial charge in [-0.15, -0.1) is 6.58 Å². The van der Waals surface area contributed by atoms with Gasteiger partial charge in [-0.05, 0) is 65.9 Å². The van der Waals surface area contributed by atoms with E-state index < -0.39 is 23.5 Å². The molecule has 1 aliphatic rings. The van der Waals surface area contributed by atoms with Crippen molar-refractivity contribution in [2.24, 2.45) is 5.92 Å². The molecular weight excluding hydrogens is 404 g/mol. The van der Waals surface area contributed by atoms with Gasteiger partial charge in [-0.2, -0.15) is 5.06 Å². The van der Waals surface area contributed by atoms with Crippen LogP contribution in [0.25, 0.3) is 0 Å². The summed E-state index contributed by atoms with van der Waals surface area (Å²) in [7, 11) is 0. The second-order valence-corrected chi connectivity index (χ2v) is 10.9. The van der Waals surface area contributed by atoms with Crippen molar-refractivity contribution in [3.8, 4) is 0 Å². The van der Waals surface area contributed by atoms with E-state index >= 15 is 0 Å². The van der Waals surface area contributed by atoms with Gasteiger partial charge in [0.25, 0.3) is 0 Å². The van der Waals surface area contributed by atoms with E-state index in [4.69, 9.17) is 9.47 Å². The first-order valence-corrected chi connectivity index (χ1v) is 11.5. The fourth-order valence-corrected chi connectivity index (χ4v) is 4.37. The molecule has 6 nitrogen and oxygen atoms in total. The maximum atomic E-state index is 13.2. The monoisotopic (exact) mass is 446 g/mol. The van der Waals surface area contributed by atoms with Gasteiger partial charge >= 0.3 is 6.09 Å². The second kappa shape index (κ2) is 10.4. The molecule has 1 saturated heterocycles. The molecule has 1 aromatic carbocycles. The van der Waals surface area contributed by atoms with Crippen molar-refractivity contribution in [1.29, 1.82) is 0 Å². The van der Waals surface area contributed by atoms with Crippen LogP contribution in [0, 0.1) is 5.92 Å². The SMILES string of the molecule is C=C(C)C[C@H]([C@@H]1OC(C)(C)N(C(=O)OC(C)(C)C)[C@H]1CC(C)C)N(O)Cc1ccccc1. The molecular formula is C26H42N2O4. The molecule has 0 radical (unpaired) electrons. The molecule has 1 aliphatic heterocycles. The van der Waals surface area contributed by atoms with Gasteiger partial charge < -0.3 is 14.7 Å². The third kappa shape index (κ3) is 7.06. The molecule has 32 heavy (non-hydrogen) atoms. The van der Waals surface area contributed by atoms with Gasteiger partial charge in [0.2, 0.25) is 0 Å². The van der Waals surface area contributed by atoms with Gasteiger partial charge in [-0.1, -0.05) is 49.8 Å². The Balaban J connectivity index is 2.41. The fourth-order valence-electron chi connectivity index (χ4n) is 4.37. The van der Waals surface area contributed by atoms with Crippen LogP contribution in [-0.4, -0.2) is 50.8 Å². The third-order valence-electron chi connectivity index (χ3n) is 5.53. The highest BCUT2D eigenvalue weighted by molar-refractivity contribution is 5.70. The zero-order valence-electron chi connectivity index (χ0n) is 21.1. The molecule has 1 aromatic rings. The molecule has 0 aliphatic carbocycles. The van der Waals surface area contributed by atoms with Gasteiger partial charge in [0.05, 0.1) is 18.2 Å². The Morgan fingerprint density at radius 1 is 1.28 bits per heavy atom. The first-order valence-electron chi connectivity index (χ1n) is 11.5. The lowest BCUT2D eigenvalue weighted by atomic mass is 9.91. The highest BCUT2D eigenvalue weighted by Gasteiger charge is 2.54. The first-order chi connectivity index (χ1) is 14.7. The van der Waals surface area contributed by atoms with E-state index in [9.17, 15) is 10.0 Å². The van der Waals surface area contributed by atoms with E-state index in [1.54, 1.807) is 4.90 Å². The molecule has 1 heterocycles. The molecule has 6 heteroatoms. The van der Waals surface area contributed by atoms with Crippen LogP contribution in [0.3, 0.4) is 0 Å². The van der Waals surface area contributed by atoms with Crippen LogP contribution >= 0.6 is 0 Å². The van der Waals surface area contributed by atoms with E-state index in [1.165, 1.54) is 5.06 Å². The standard InChI is InChI=1S/C26H42N2O4/c1-18(2)15-21(27(30)17-20-13-11-10-12-14-20)23-22(16-19(3)4)28(26(8,9)31-23)24(29)32-25(5,6)7/h10-14,19,21-23,30H,1,15-17H2,2-9H3/t21-,22+,23+/m1/s1. The van der Waals surface area contributed by atoms with Gasteiger partial charge in [0, 0.05) is 6.54 Å². The number of carbonyl (C=O) groups is 1. The summed E-state index contributed by atoms with van der Waals surface area (Å²) in [6, 6.07) is 9.24. The van der Waals surface area contributed by atoms with E-state index in [0.717, 1.165) is 17.6 Å². The number of hydroxylamine groups is 2. The van der Waals surface area contributed by atoms with Crippen LogP contribution in [0.5, 0.6) is 0 Å². The zero-order valence-corrected chi connectivity index (χ0v) is 21.1. The predicted molar refractivity (Wildman–Crippen MR) is 127 cm³/mol. The van der Waals surface area contributed by atoms with Gasteiger partial charge in [-0.25, -0.2) is 4.79 Å². The largest absolute Gasteiger partial charge is 0.444 e. The van der Waals surface area contributed by atoms with Crippen LogP contribution in [-0.2, 0) is 16.0 Å². The topological polar surface area (TPSA) is 62.2 Å². The summed E-state index contributed by atoms with van der Waals surface area (Å²) in [5.74, 6) is 0.330. The van der Waals surface area contributed by atoms with Gasteiger partial charge in [-0.3, -0.25) is 4.90 Å². The number of hydrogen-bond donors (Lipinski definition) is 1. The van der Waals surface area contributed by atoms with Crippen molar-refractivity contribution < 1.29 is 19.5 Å². The van der Waals surface area contributed by atoms with Crippen molar-refractivity contribution in [3.63, 3.8) is 0 Å². The Bertz CT molecular complexity index is 770. The Morgan fingerprint density at radius 3 is 2.38 bits per heavy atom. The quantitative estimate of drug-likeness (QED) is 0.392. The normalized spacial score (nSPS) is 21.8.